The molecule has 2 nitrogen and oxygen atoms in total. The van der Waals surface area contributed by atoms with Gasteiger partial charge in [-0.25, -0.2) is 0 Å². The lowest BCUT2D eigenvalue weighted by atomic mass is 10.0. The van der Waals surface area contributed by atoms with Crippen LogP contribution in [0.3, 0.4) is 0 Å². The third-order valence-corrected chi connectivity index (χ3v) is 4.99. The lowest BCUT2D eigenvalue weighted by Gasteiger charge is -2.00. The Balaban J connectivity index is 1.85. The van der Waals surface area contributed by atoms with Crippen LogP contribution in [0.15, 0.2) is 77.2 Å². The molecule has 0 amide bonds. The van der Waals surface area contributed by atoms with E-state index in [1.807, 2.05) is 12.1 Å². The molecule has 0 atom stereocenters. The van der Waals surface area contributed by atoms with Gasteiger partial charge in [0.2, 0.25) is 0 Å². The standard InChI is InChI=1S/C22H13NO/c1-3-7-19-14(5-1)16-10-9-13-11-18-15-6-2-4-8-20(15)24-21(18)12-17(13)22(16)23-19/h1-12,23H. The van der Waals surface area contributed by atoms with Crippen molar-refractivity contribution in [2.24, 2.45) is 0 Å². The maximum Gasteiger partial charge on any atom is 0.136 e. The maximum absolute atomic E-state index is 6.07. The van der Waals surface area contributed by atoms with Crippen molar-refractivity contribution in [3.05, 3.63) is 72.8 Å². The minimum absolute atomic E-state index is 0.940. The highest BCUT2D eigenvalue weighted by Gasteiger charge is 2.11. The van der Waals surface area contributed by atoms with E-state index in [9.17, 15) is 0 Å². The number of H-pyrrole nitrogens is 1. The Morgan fingerprint density at radius 1 is 0.583 bits per heavy atom. The average Bonchev–Trinajstić information content (AvgIpc) is 3.18. The van der Waals surface area contributed by atoms with E-state index in [1.54, 1.807) is 0 Å². The summed E-state index contributed by atoms with van der Waals surface area (Å²) in [6.07, 6.45) is 0. The van der Waals surface area contributed by atoms with Gasteiger partial charge in [-0.05, 0) is 29.7 Å². The van der Waals surface area contributed by atoms with E-state index in [1.165, 1.54) is 43.4 Å². The lowest BCUT2D eigenvalue weighted by Crippen LogP contribution is -1.76. The summed E-state index contributed by atoms with van der Waals surface area (Å²) in [5, 5.41) is 7.30. The Bertz CT molecular complexity index is 1390. The second-order valence-corrected chi connectivity index (χ2v) is 6.33. The molecule has 2 heteroatoms. The second kappa shape index (κ2) is 4.18. The minimum atomic E-state index is 0.940. The molecule has 24 heavy (non-hydrogen) atoms. The molecule has 2 aromatic heterocycles. The molecule has 0 unspecified atom stereocenters. The van der Waals surface area contributed by atoms with Gasteiger partial charge in [0.15, 0.2) is 0 Å². The van der Waals surface area contributed by atoms with Crippen LogP contribution < -0.4 is 0 Å². The van der Waals surface area contributed by atoms with E-state index in [-0.39, 0.29) is 0 Å². The molecular formula is C22H13NO. The molecule has 112 valence electrons. The molecule has 4 aromatic carbocycles. The highest BCUT2D eigenvalue weighted by Crippen LogP contribution is 2.36. The Morgan fingerprint density at radius 3 is 2.38 bits per heavy atom. The summed E-state index contributed by atoms with van der Waals surface area (Å²) in [4.78, 5) is 3.58. The number of aromatic amines is 1. The van der Waals surface area contributed by atoms with Crippen LogP contribution in [0.1, 0.15) is 0 Å². The Labute approximate surface area is 137 Å². The van der Waals surface area contributed by atoms with E-state index >= 15 is 0 Å². The zero-order valence-electron chi connectivity index (χ0n) is 12.8. The molecule has 0 fully saturated rings. The summed E-state index contributed by atoms with van der Waals surface area (Å²) in [5.41, 5.74) is 4.23. The van der Waals surface area contributed by atoms with Gasteiger partial charge in [0, 0.05) is 32.4 Å². The first-order chi connectivity index (χ1) is 11.9. The van der Waals surface area contributed by atoms with Crippen LogP contribution in [0.5, 0.6) is 0 Å². The van der Waals surface area contributed by atoms with Crippen LogP contribution in [0, 0.1) is 0 Å². The highest BCUT2D eigenvalue weighted by molar-refractivity contribution is 6.20. The third-order valence-electron chi connectivity index (χ3n) is 4.99. The van der Waals surface area contributed by atoms with E-state index in [0.29, 0.717) is 0 Å². The number of hydrogen-bond donors (Lipinski definition) is 1. The van der Waals surface area contributed by atoms with Crippen LogP contribution in [0.25, 0.3) is 54.5 Å². The second-order valence-electron chi connectivity index (χ2n) is 6.33. The molecule has 6 rings (SSSR count). The minimum Gasteiger partial charge on any atom is -0.456 e. The average molecular weight is 307 g/mol. The molecule has 0 aliphatic rings. The predicted molar refractivity (Wildman–Crippen MR) is 101 cm³/mol. The summed E-state index contributed by atoms with van der Waals surface area (Å²) in [7, 11) is 0. The zero-order chi connectivity index (χ0) is 15.7. The first-order valence-electron chi connectivity index (χ1n) is 8.13. The summed E-state index contributed by atoms with van der Waals surface area (Å²) < 4.78 is 6.07. The van der Waals surface area contributed by atoms with E-state index in [4.69, 9.17) is 4.42 Å². The normalized spacial score (nSPS) is 12.2. The van der Waals surface area contributed by atoms with E-state index in [2.05, 4.69) is 65.6 Å². The molecule has 0 aliphatic carbocycles. The first-order valence-corrected chi connectivity index (χ1v) is 8.13. The number of rotatable bonds is 0. The summed E-state index contributed by atoms with van der Waals surface area (Å²) in [6, 6.07) is 25.5. The van der Waals surface area contributed by atoms with Crippen LogP contribution in [-0.2, 0) is 0 Å². The fourth-order valence-electron chi connectivity index (χ4n) is 3.86. The monoisotopic (exact) mass is 307 g/mol. The van der Waals surface area contributed by atoms with Gasteiger partial charge < -0.3 is 9.40 Å². The van der Waals surface area contributed by atoms with Gasteiger partial charge in [-0.3, -0.25) is 0 Å². The van der Waals surface area contributed by atoms with Crippen molar-refractivity contribution >= 4 is 54.5 Å². The number of nitrogens with one attached hydrogen (secondary N) is 1. The molecule has 0 saturated carbocycles. The highest BCUT2D eigenvalue weighted by atomic mass is 16.3. The van der Waals surface area contributed by atoms with Gasteiger partial charge in [0.25, 0.3) is 0 Å². The van der Waals surface area contributed by atoms with Crippen LogP contribution in [0.4, 0.5) is 0 Å². The fourth-order valence-corrected chi connectivity index (χ4v) is 3.86. The van der Waals surface area contributed by atoms with E-state index < -0.39 is 0 Å². The first kappa shape index (κ1) is 12.2. The Morgan fingerprint density at radius 2 is 1.42 bits per heavy atom. The van der Waals surface area contributed by atoms with Crippen LogP contribution in [-0.4, -0.2) is 4.98 Å². The van der Waals surface area contributed by atoms with Crippen molar-refractivity contribution in [2.75, 3.05) is 0 Å². The summed E-state index contributed by atoms with van der Waals surface area (Å²) in [6.45, 7) is 0. The third kappa shape index (κ3) is 1.45. The van der Waals surface area contributed by atoms with Crippen molar-refractivity contribution in [1.82, 2.24) is 4.98 Å². The molecule has 0 bridgehead atoms. The molecule has 0 radical (unpaired) electrons. The summed E-state index contributed by atoms with van der Waals surface area (Å²) in [5.74, 6) is 0. The Kier molecular flexibility index (Phi) is 2.12. The molecule has 0 spiro atoms. The molecule has 6 aromatic rings. The molecule has 0 saturated heterocycles. The lowest BCUT2D eigenvalue weighted by molar-refractivity contribution is 0.669. The zero-order valence-corrected chi connectivity index (χ0v) is 12.8. The molecule has 0 aliphatic heterocycles. The van der Waals surface area contributed by atoms with Crippen LogP contribution >= 0.6 is 0 Å². The quantitative estimate of drug-likeness (QED) is 0.347. The van der Waals surface area contributed by atoms with Crippen LogP contribution in [0.2, 0.25) is 0 Å². The van der Waals surface area contributed by atoms with Gasteiger partial charge in [0.1, 0.15) is 11.2 Å². The Hall–Kier alpha value is -3.26. The molecular weight excluding hydrogens is 294 g/mol. The van der Waals surface area contributed by atoms with Gasteiger partial charge in [-0.15, -0.1) is 0 Å². The van der Waals surface area contributed by atoms with Gasteiger partial charge in [-0.2, -0.15) is 0 Å². The van der Waals surface area contributed by atoms with Crippen molar-refractivity contribution in [1.29, 1.82) is 0 Å². The van der Waals surface area contributed by atoms with Gasteiger partial charge in [0.05, 0.1) is 5.52 Å². The smallest absolute Gasteiger partial charge is 0.136 e. The number of furan rings is 1. The fraction of sp³-hybridized carbons (Fsp3) is 0. The topological polar surface area (TPSA) is 28.9 Å². The number of para-hydroxylation sites is 2. The maximum atomic E-state index is 6.07. The number of aromatic nitrogens is 1. The molecule has 2 heterocycles. The number of benzene rings is 4. The van der Waals surface area contributed by atoms with Crippen molar-refractivity contribution in [3.63, 3.8) is 0 Å². The SMILES string of the molecule is c1ccc2c(c1)[nH]c1c3cc4oc5ccccc5c4cc3ccc21. The molecule has 1 N–H and O–H groups in total. The van der Waals surface area contributed by atoms with Crippen molar-refractivity contribution < 1.29 is 4.42 Å². The van der Waals surface area contributed by atoms with E-state index in [0.717, 1.165) is 11.2 Å². The number of hydrogen-bond acceptors (Lipinski definition) is 1. The van der Waals surface area contributed by atoms with Gasteiger partial charge in [-0.1, -0.05) is 48.5 Å². The predicted octanol–water partition coefficient (Wildman–Crippen LogP) is 6.37. The van der Waals surface area contributed by atoms with Gasteiger partial charge >= 0.3 is 0 Å². The largest absolute Gasteiger partial charge is 0.456 e. The number of fused-ring (bicyclic) bond motifs is 8. The summed E-state index contributed by atoms with van der Waals surface area (Å²) >= 11 is 0. The van der Waals surface area contributed by atoms with Crippen molar-refractivity contribution in [2.45, 2.75) is 0 Å². The van der Waals surface area contributed by atoms with Crippen molar-refractivity contribution in [3.8, 4) is 0 Å².